The highest BCUT2D eigenvalue weighted by atomic mass is 19.4. The standard InChI is InChI=1S/C19H30N4O2.2C2HF3O2/c1-14-4-5-18(22-21-14)20-17-13-23(11-15-6-9-24-10-7-15)12-16-3-2-8-25-19(16)17;2*3-2(4,5)1(6)7/h4-5,15-17,19H,2-3,6-13H2,1H3,(H,20,22);2*(H,6,7)/t16-,17+,19-;;/m0../s1. The summed E-state index contributed by atoms with van der Waals surface area (Å²) >= 11 is 0. The molecule has 222 valence electrons. The molecule has 3 atom stereocenters. The first-order chi connectivity index (χ1) is 18.2. The van der Waals surface area contributed by atoms with Crippen molar-refractivity contribution >= 4 is 17.8 Å². The van der Waals surface area contributed by atoms with Gasteiger partial charge in [0.05, 0.1) is 17.8 Å². The maximum atomic E-state index is 10.6. The van der Waals surface area contributed by atoms with Gasteiger partial charge < -0.3 is 29.9 Å². The number of carboxylic acids is 2. The molecule has 4 heterocycles. The molecule has 0 aromatic carbocycles. The molecule has 1 aromatic rings. The van der Waals surface area contributed by atoms with Crippen LogP contribution >= 0.6 is 0 Å². The summed E-state index contributed by atoms with van der Waals surface area (Å²) < 4.78 is 75.2. The molecule has 3 aliphatic heterocycles. The molecule has 3 fully saturated rings. The Morgan fingerprint density at radius 2 is 1.56 bits per heavy atom. The topological polar surface area (TPSA) is 134 Å². The number of ether oxygens (including phenoxy) is 2. The Morgan fingerprint density at radius 3 is 2.08 bits per heavy atom. The van der Waals surface area contributed by atoms with Gasteiger partial charge in [-0.25, -0.2) is 9.59 Å². The number of carbonyl (C=O) groups is 2. The Balaban J connectivity index is 0.000000317. The van der Waals surface area contributed by atoms with Gasteiger partial charge in [-0.1, -0.05) is 0 Å². The molecule has 1 aromatic heterocycles. The fraction of sp³-hybridized carbons (Fsp3) is 0.739. The van der Waals surface area contributed by atoms with Crippen molar-refractivity contribution < 1.29 is 55.6 Å². The number of carboxylic acid groups (broad SMARTS) is 2. The molecule has 0 amide bonds. The predicted octanol–water partition coefficient (Wildman–Crippen LogP) is 3.37. The summed E-state index contributed by atoms with van der Waals surface area (Å²) in [5.41, 5.74) is 0.946. The first-order valence-electron chi connectivity index (χ1n) is 12.3. The highest BCUT2D eigenvalue weighted by Gasteiger charge is 2.40. The molecule has 0 radical (unpaired) electrons. The number of halogens is 6. The van der Waals surface area contributed by atoms with Crippen molar-refractivity contribution in [2.75, 3.05) is 44.8 Å². The van der Waals surface area contributed by atoms with E-state index in [1.54, 1.807) is 0 Å². The van der Waals surface area contributed by atoms with Gasteiger partial charge in [-0.2, -0.15) is 31.4 Å². The summed E-state index contributed by atoms with van der Waals surface area (Å²) in [7, 11) is 0. The number of hydrogen-bond acceptors (Lipinski definition) is 8. The second-order valence-corrected chi connectivity index (χ2v) is 9.43. The Hall–Kier alpha value is -2.72. The minimum Gasteiger partial charge on any atom is -0.475 e. The van der Waals surface area contributed by atoms with Gasteiger partial charge in [-0.05, 0) is 56.6 Å². The van der Waals surface area contributed by atoms with Crippen molar-refractivity contribution in [3.05, 3.63) is 17.8 Å². The zero-order valence-electron chi connectivity index (χ0n) is 21.2. The van der Waals surface area contributed by atoms with Gasteiger partial charge in [0.1, 0.15) is 5.82 Å². The van der Waals surface area contributed by atoms with Crippen LogP contribution in [0, 0.1) is 18.8 Å². The van der Waals surface area contributed by atoms with Crippen LogP contribution in [0.3, 0.4) is 0 Å². The van der Waals surface area contributed by atoms with Gasteiger partial charge in [0.25, 0.3) is 0 Å². The Labute approximate surface area is 220 Å². The van der Waals surface area contributed by atoms with Gasteiger partial charge in [-0.3, -0.25) is 0 Å². The van der Waals surface area contributed by atoms with Crippen molar-refractivity contribution in [1.29, 1.82) is 0 Å². The number of nitrogens with one attached hydrogen (secondary N) is 1. The third-order valence-corrected chi connectivity index (χ3v) is 6.31. The molecule has 4 rings (SSSR count). The maximum Gasteiger partial charge on any atom is 0.490 e. The van der Waals surface area contributed by atoms with Crippen LogP contribution in [0.15, 0.2) is 12.1 Å². The van der Waals surface area contributed by atoms with Crippen molar-refractivity contribution in [3.63, 3.8) is 0 Å². The van der Waals surface area contributed by atoms with E-state index >= 15 is 0 Å². The molecule has 16 heteroatoms. The molecule has 0 unspecified atom stereocenters. The lowest BCUT2D eigenvalue weighted by Crippen LogP contribution is -2.58. The van der Waals surface area contributed by atoms with Gasteiger partial charge in [0.2, 0.25) is 0 Å². The van der Waals surface area contributed by atoms with Crippen molar-refractivity contribution in [1.82, 2.24) is 15.1 Å². The molecule has 0 saturated carbocycles. The Kier molecular flexibility index (Phi) is 12.2. The van der Waals surface area contributed by atoms with Crippen LogP contribution in [0.25, 0.3) is 0 Å². The van der Waals surface area contributed by atoms with Gasteiger partial charge in [0.15, 0.2) is 0 Å². The van der Waals surface area contributed by atoms with Crippen molar-refractivity contribution in [3.8, 4) is 0 Å². The summed E-state index contributed by atoms with van der Waals surface area (Å²) in [4.78, 5) is 20.4. The minimum atomic E-state index is -5.08. The zero-order valence-corrected chi connectivity index (χ0v) is 21.2. The highest BCUT2D eigenvalue weighted by molar-refractivity contribution is 5.73. The Morgan fingerprint density at radius 1 is 0.974 bits per heavy atom. The third kappa shape index (κ3) is 11.5. The molecule has 10 nitrogen and oxygen atoms in total. The summed E-state index contributed by atoms with van der Waals surface area (Å²) in [6.07, 6.45) is -5.02. The van der Waals surface area contributed by atoms with Gasteiger partial charge in [0, 0.05) is 39.5 Å². The highest BCUT2D eigenvalue weighted by Crippen LogP contribution is 2.31. The van der Waals surface area contributed by atoms with Crippen LogP contribution in [-0.4, -0.2) is 101 Å². The number of anilines is 1. The molecule has 3 N–H and O–H groups in total. The molecule has 0 spiro atoms. The van der Waals surface area contributed by atoms with Crippen molar-refractivity contribution in [2.45, 2.75) is 57.1 Å². The van der Waals surface area contributed by atoms with Crippen molar-refractivity contribution in [2.24, 2.45) is 11.8 Å². The SMILES string of the molecule is Cc1ccc(N[C@@H]2CN(CC3CCOCC3)C[C@@H]3CCCO[C@@H]32)nn1.O=C(O)C(F)(F)F.O=C(O)C(F)(F)F. The van der Waals surface area contributed by atoms with Crippen LogP contribution < -0.4 is 5.32 Å². The summed E-state index contributed by atoms with van der Waals surface area (Å²) in [6, 6.07) is 4.32. The number of piperidine rings is 1. The van der Waals surface area contributed by atoms with E-state index in [9.17, 15) is 26.3 Å². The fourth-order valence-corrected chi connectivity index (χ4v) is 4.53. The lowest BCUT2D eigenvalue weighted by atomic mass is 9.84. The van der Waals surface area contributed by atoms with E-state index in [0.29, 0.717) is 12.0 Å². The van der Waals surface area contributed by atoms with E-state index in [1.165, 1.54) is 38.8 Å². The molecular weight excluding hydrogens is 542 g/mol. The normalized spacial score (nSPS) is 24.2. The number of rotatable bonds is 4. The summed E-state index contributed by atoms with van der Waals surface area (Å²) in [5, 5.41) is 26.3. The summed E-state index contributed by atoms with van der Waals surface area (Å²) in [5.74, 6) is -3.26. The first kappa shape index (κ1) is 32.5. The van der Waals surface area contributed by atoms with E-state index in [2.05, 4.69) is 20.4 Å². The summed E-state index contributed by atoms with van der Waals surface area (Å²) in [6.45, 7) is 8.08. The predicted molar refractivity (Wildman–Crippen MR) is 124 cm³/mol. The number of fused-ring (bicyclic) bond motifs is 1. The van der Waals surface area contributed by atoms with Gasteiger partial charge in [-0.15, -0.1) is 5.10 Å². The van der Waals surface area contributed by atoms with E-state index in [-0.39, 0.29) is 6.04 Å². The van der Waals surface area contributed by atoms with Crippen LogP contribution in [0.1, 0.15) is 31.4 Å². The lowest BCUT2D eigenvalue weighted by Gasteiger charge is -2.47. The van der Waals surface area contributed by atoms with Crippen LogP contribution in [0.4, 0.5) is 32.2 Å². The van der Waals surface area contributed by atoms with Crippen LogP contribution in [-0.2, 0) is 19.1 Å². The number of nitrogens with zero attached hydrogens (tertiary/aromatic N) is 3. The molecule has 39 heavy (non-hydrogen) atoms. The van der Waals surface area contributed by atoms with Gasteiger partial charge >= 0.3 is 24.3 Å². The minimum absolute atomic E-state index is 0.288. The van der Waals surface area contributed by atoms with E-state index in [4.69, 9.17) is 29.3 Å². The zero-order chi connectivity index (χ0) is 29.2. The molecule has 0 aliphatic carbocycles. The molecule has 3 aliphatic rings. The van der Waals surface area contributed by atoms with E-state index in [0.717, 1.165) is 43.8 Å². The monoisotopic (exact) mass is 574 g/mol. The Bertz CT molecular complexity index is 886. The number of aliphatic carboxylic acids is 2. The smallest absolute Gasteiger partial charge is 0.475 e. The average molecular weight is 575 g/mol. The average Bonchev–Trinajstić information content (AvgIpc) is 2.86. The second kappa shape index (κ2) is 14.6. The second-order valence-electron chi connectivity index (χ2n) is 9.43. The number of aryl methyl sites for hydroxylation is 1. The number of aromatic nitrogens is 2. The maximum absolute atomic E-state index is 10.6. The molecule has 3 saturated heterocycles. The number of hydrogen-bond donors (Lipinski definition) is 3. The quantitative estimate of drug-likeness (QED) is 0.460. The molecule has 0 bridgehead atoms. The van der Waals surface area contributed by atoms with Crippen LogP contribution in [0.5, 0.6) is 0 Å². The van der Waals surface area contributed by atoms with E-state index in [1.807, 2.05) is 19.1 Å². The van der Waals surface area contributed by atoms with Crippen LogP contribution in [0.2, 0.25) is 0 Å². The largest absolute Gasteiger partial charge is 0.490 e. The van der Waals surface area contributed by atoms with E-state index < -0.39 is 24.3 Å². The lowest BCUT2D eigenvalue weighted by molar-refractivity contribution is -0.193. The molecular formula is C23H32F6N4O6. The third-order valence-electron chi connectivity index (χ3n) is 6.31. The number of likely N-dealkylation sites (tertiary alicyclic amines) is 1. The fourth-order valence-electron chi connectivity index (χ4n) is 4.53. The first-order valence-corrected chi connectivity index (χ1v) is 12.3. The number of alkyl halides is 6.